The van der Waals surface area contributed by atoms with E-state index in [1.807, 2.05) is 31.3 Å². The summed E-state index contributed by atoms with van der Waals surface area (Å²) < 4.78 is 5.61. The molecule has 0 fully saturated rings. The molecule has 4 nitrogen and oxygen atoms in total. The third-order valence-corrected chi connectivity index (χ3v) is 3.01. The van der Waals surface area contributed by atoms with Gasteiger partial charge in [0.2, 0.25) is 0 Å². The van der Waals surface area contributed by atoms with E-state index >= 15 is 0 Å². The lowest BCUT2D eigenvalue weighted by Gasteiger charge is -2.20. The topological polar surface area (TPSA) is 62.3 Å². The van der Waals surface area contributed by atoms with Crippen LogP contribution in [0, 0.1) is 11.3 Å². The Kier molecular flexibility index (Phi) is 6.36. The van der Waals surface area contributed by atoms with Crippen molar-refractivity contribution in [2.24, 2.45) is 11.7 Å². The van der Waals surface area contributed by atoms with Crippen molar-refractivity contribution in [1.29, 1.82) is 5.41 Å². The molecule has 0 amide bonds. The Morgan fingerprint density at radius 2 is 2.11 bits per heavy atom. The number of nitrogen functional groups attached to an aromatic ring is 1. The second-order valence-electron chi connectivity index (χ2n) is 5.18. The van der Waals surface area contributed by atoms with Gasteiger partial charge >= 0.3 is 0 Å². The van der Waals surface area contributed by atoms with E-state index in [0.29, 0.717) is 12.5 Å². The van der Waals surface area contributed by atoms with Gasteiger partial charge in [-0.1, -0.05) is 26.0 Å². The zero-order valence-corrected chi connectivity index (χ0v) is 12.1. The summed E-state index contributed by atoms with van der Waals surface area (Å²) in [5, 5.41) is 7.44. The molecule has 0 saturated heterocycles. The van der Waals surface area contributed by atoms with Crippen molar-refractivity contribution < 1.29 is 4.74 Å². The average molecular weight is 263 g/mol. The predicted molar refractivity (Wildman–Crippen MR) is 81.0 cm³/mol. The monoisotopic (exact) mass is 263 g/mol. The first-order valence-electron chi connectivity index (χ1n) is 6.74. The minimum absolute atomic E-state index is 0.100. The normalized spacial score (nSPS) is 10.7. The zero-order valence-electron chi connectivity index (χ0n) is 12.1. The summed E-state index contributed by atoms with van der Waals surface area (Å²) in [6.07, 6.45) is 1.10. The number of nitrogens with zero attached hydrogens (tertiary/aromatic N) is 1. The van der Waals surface area contributed by atoms with Crippen LogP contribution in [0.25, 0.3) is 0 Å². The molecule has 0 atom stereocenters. The maximum Gasteiger partial charge on any atom is 0.122 e. The quantitative estimate of drug-likeness (QED) is 0.430. The highest BCUT2D eigenvalue weighted by Crippen LogP contribution is 2.14. The van der Waals surface area contributed by atoms with Crippen LogP contribution in [0.2, 0.25) is 0 Å². The average Bonchev–Trinajstić information content (AvgIpc) is 2.37. The summed E-state index contributed by atoms with van der Waals surface area (Å²) in [6, 6.07) is 7.71. The van der Waals surface area contributed by atoms with Crippen molar-refractivity contribution in [2.45, 2.75) is 20.3 Å². The van der Waals surface area contributed by atoms with E-state index in [2.05, 4.69) is 18.7 Å². The predicted octanol–water partition coefficient (Wildman–Crippen LogP) is 2.47. The van der Waals surface area contributed by atoms with Crippen molar-refractivity contribution >= 4 is 11.5 Å². The molecule has 1 aromatic carbocycles. The Labute approximate surface area is 116 Å². The second kappa shape index (κ2) is 7.79. The third kappa shape index (κ3) is 5.75. The number of hydrogen-bond acceptors (Lipinski definition) is 3. The van der Waals surface area contributed by atoms with E-state index in [1.54, 1.807) is 0 Å². The van der Waals surface area contributed by atoms with Crippen molar-refractivity contribution in [3.05, 3.63) is 29.8 Å². The summed E-state index contributed by atoms with van der Waals surface area (Å²) >= 11 is 0. The summed E-state index contributed by atoms with van der Waals surface area (Å²) in [5.74, 6) is 0.786. The van der Waals surface area contributed by atoms with Gasteiger partial charge in [0.15, 0.2) is 0 Å². The molecule has 0 bridgehead atoms. The Morgan fingerprint density at radius 3 is 2.74 bits per heavy atom. The van der Waals surface area contributed by atoms with Gasteiger partial charge in [-0.25, -0.2) is 0 Å². The standard InChI is InChI=1S/C15H25N3O/c1-12(2)7-9-19-10-8-18(3)14-6-4-5-13(11-14)15(16)17/h4-6,11-12H,7-10H2,1-3H3,(H3,16,17). The van der Waals surface area contributed by atoms with Crippen LogP contribution in [0.15, 0.2) is 24.3 Å². The number of likely N-dealkylation sites (N-methyl/N-ethyl adjacent to an activating group) is 1. The third-order valence-electron chi connectivity index (χ3n) is 3.01. The number of benzene rings is 1. The first-order valence-corrected chi connectivity index (χ1v) is 6.74. The smallest absolute Gasteiger partial charge is 0.122 e. The van der Waals surface area contributed by atoms with Gasteiger partial charge < -0.3 is 15.4 Å². The minimum atomic E-state index is 0.100. The molecule has 0 aromatic heterocycles. The van der Waals surface area contributed by atoms with Crippen LogP contribution in [-0.2, 0) is 4.74 Å². The van der Waals surface area contributed by atoms with Gasteiger partial charge in [0, 0.05) is 31.5 Å². The molecule has 106 valence electrons. The van der Waals surface area contributed by atoms with Crippen LogP contribution < -0.4 is 10.6 Å². The van der Waals surface area contributed by atoms with Gasteiger partial charge in [-0.05, 0) is 24.5 Å². The minimum Gasteiger partial charge on any atom is -0.384 e. The number of hydrogen-bond donors (Lipinski definition) is 2. The van der Waals surface area contributed by atoms with E-state index in [9.17, 15) is 0 Å². The lowest BCUT2D eigenvalue weighted by molar-refractivity contribution is 0.130. The molecular weight excluding hydrogens is 238 g/mol. The lowest BCUT2D eigenvalue weighted by Crippen LogP contribution is -2.23. The van der Waals surface area contributed by atoms with E-state index in [4.69, 9.17) is 15.9 Å². The van der Waals surface area contributed by atoms with E-state index in [0.717, 1.165) is 30.8 Å². The van der Waals surface area contributed by atoms with Crippen molar-refractivity contribution in [3.63, 3.8) is 0 Å². The Balaban J connectivity index is 2.38. The van der Waals surface area contributed by atoms with Gasteiger partial charge in [0.25, 0.3) is 0 Å². The first-order chi connectivity index (χ1) is 9.00. The van der Waals surface area contributed by atoms with Crippen molar-refractivity contribution in [1.82, 2.24) is 0 Å². The van der Waals surface area contributed by atoms with Crippen LogP contribution in [-0.4, -0.2) is 32.6 Å². The second-order valence-corrected chi connectivity index (χ2v) is 5.18. The molecule has 1 rings (SSSR count). The SMILES string of the molecule is CC(C)CCOCCN(C)c1cccc(C(=N)N)c1. The van der Waals surface area contributed by atoms with E-state index < -0.39 is 0 Å². The van der Waals surface area contributed by atoms with E-state index in [-0.39, 0.29) is 5.84 Å². The summed E-state index contributed by atoms with van der Waals surface area (Å²) in [4.78, 5) is 2.11. The molecule has 0 unspecified atom stereocenters. The van der Waals surface area contributed by atoms with E-state index in [1.165, 1.54) is 0 Å². The molecule has 19 heavy (non-hydrogen) atoms. The molecule has 0 heterocycles. The number of anilines is 1. The molecule has 0 spiro atoms. The van der Waals surface area contributed by atoms with Crippen LogP contribution in [0.3, 0.4) is 0 Å². The summed E-state index contributed by atoms with van der Waals surface area (Å²) in [6.45, 7) is 6.76. The molecule has 0 aliphatic carbocycles. The van der Waals surface area contributed by atoms with Crippen molar-refractivity contribution in [2.75, 3.05) is 31.7 Å². The molecule has 1 aromatic rings. The molecule has 3 N–H and O–H groups in total. The van der Waals surface area contributed by atoms with Crippen LogP contribution in [0.4, 0.5) is 5.69 Å². The highest BCUT2D eigenvalue weighted by molar-refractivity contribution is 5.95. The molecule has 0 saturated carbocycles. The fourth-order valence-electron chi connectivity index (χ4n) is 1.66. The molecule has 0 aliphatic heterocycles. The Hall–Kier alpha value is -1.55. The van der Waals surface area contributed by atoms with Crippen LogP contribution >= 0.6 is 0 Å². The number of rotatable bonds is 8. The van der Waals surface area contributed by atoms with Gasteiger partial charge in [0.1, 0.15) is 5.84 Å². The highest BCUT2D eigenvalue weighted by Gasteiger charge is 2.03. The summed E-state index contributed by atoms with van der Waals surface area (Å²) in [7, 11) is 2.02. The molecule has 0 radical (unpaired) electrons. The highest BCUT2D eigenvalue weighted by atomic mass is 16.5. The molecular formula is C15H25N3O. The fourth-order valence-corrected chi connectivity index (χ4v) is 1.66. The van der Waals surface area contributed by atoms with Crippen LogP contribution in [0.5, 0.6) is 0 Å². The molecule has 4 heteroatoms. The fraction of sp³-hybridized carbons (Fsp3) is 0.533. The van der Waals surface area contributed by atoms with Crippen LogP contribution in [0.1, 0.15) is 25.8 Å². The number of ether oxygens (including phenoxy) is 1. The van der Waals surface area contributed by atoms with Gasteiger partial charge in [-0.2, -0.15) is 0 Å². The number of nitrogens with one attached hydrogen (secondary N) is 1. The first kappa shape index (κ1) is 15.5. The number of nitrogens with two attached hydrogens (primary N) is 1. The summed E-state index contributed by atoms with van der Waals surface area (Å²) in [5.41, 5.74) is 7.30. The number of amidine groups is 1. The van der Waals surface area contributed by atoms with Gasteiger partial charge in [0.05, 0.1) is 6.61 Å². The maximum atomic E-state index is 7.44. The molecule has 0 aliphatic rings. The zero-order chi connectivity index (χ0) is 14.3. The Bertz CT molecular complexity index is 404. The Morgan fingerprint density at radius 1 is 1.37 bits per heavy atom. The maximum absolute atomic E-state index is 7.44. The van der Waals surface area contributed by atoms with Gasteiger partial charge in [-0.3, -0.25) is 5.41 Å². The van der Waals surface area contributed by atoms with Crippen molar-refractivity contribution in [3.8, 4) is 0 Å². The lowest BCUT2D eigenvalue weighted by atomic mass is 10.1. The van der Waals surface area contributed by atoms with Gasteiger partial charge in [-0.15, -0.1) is 0 Å². The largest absolute Gasteiger partial charge is 0.384 e.